The molecule has 0 saturated heterocycles. The maximum absolute atomic E-state index is 12.9. The fourth-order valence-electron chi connectivity index (χ4n) is 10.5. The van der Waals surface area contributed by atoms with Gasteiger partial charge in [0.2, 0.25) is 10.5 Å². The van der Waals surface area contributed by atoms with Crippen LogP contribution in [0.5, 0.6) is 0 Å². The summed E-state index contributed by atoms with van der Waals surface area (Å²) in [6.07, 6.45) is 12.8. The van der Waals surface area contributed by atoms with Gasteiger partial charge in [-0.25, -0.2) is 4.98 Å². The molecule has 0 radical (unpaired) electrons. The van der Waals surface area contributed by atoms with Crippen LogP contribution in [0.2, 0.25) is 0 Å². The Hall–Kier alpha value is -4.64. The van der Waals surface area contributed by atoms with E-state index in [2.05, 4.69) is 91.0 Å². The molecule has 2 unspecified atom stereocenters. The van der Waals surface area contributed by atoms with Crippen LogP contribution in [0.15, 0.2) is 91.0 Å². The zero-order valence-corrected chi connectivity index (χ0v) is 31.0. The van der Waals surface area contributed by atoms with E-state index in [0.29, 0.717) is 19.3 Å². The highest BCUT2D eigenvalue weighted by Crippen LogP contribution is 2.64. The maximum Gasteiger partial charge on any atom is 0.221 e. The van der Waals surface area contributed by atoms with Crippen molar-refractivity contribution in [2.45, 2.75) is 81.5 Å². The second kappa shape index (κ2) is 12.5. The second-order valence-electron chi connectivity index (χ2n) is 15.5. The van der Waals surface area contributed by atoms with Gasteiger partial charge in [0.1, 0.15) is 0 Å². The molecule has 0 spiro atoms. The van der Waals surface area contributed by atoms with Crippen molar-refractivity contribution in [1.29, 1.82) is 0 Å². The summed E-state index contributed by atoms with van der Waals surface area (Å²) in [6, 6.07) is 30.7. The van der Waals surface area contributed by atoms with Crippen molar-refractivity contribution >= 4 is 61.4 Å². The molecule has 10 rings (SSSR count). The molecule has 6 aromatic rings. The SMILES string of the molecule is O=C(Cl)CCC1(CC2(CCC(=O)Cl)c3cc4c(nc3-c3c2ccc2ccccc32)CCCC4)c2cc3ccccc3nc2-c2c1ccc1c2C=CCC1. The molecule has 0 bridgehead atoms. The van der Waals surface area contributed by atoms with Gasteiger partial charge in [-0.3, -0.25) is 14.6 Å². The Labute approximate surface area is 319 Å². The number of fused-ring (bicyclic) bond motifs is 12. The Morgan fingerprint density at radius 3 is 2.13 bits per heavy atom. The van der Waals surface area contributed by atoms with Crippen LogP contribution >= 0.6 is 23.2 Å². The molecule has 4 aromatic carbocycles. The number of allylic oxidation sites excluding steroid dienone is 1. The Morgan fingerprint density at radius 2 is 1.32 bits per heavy atom. The maximum atomic E-state index is 12.9. The highest BCUT2D eigenvalue weighted by molar-refractivity contribution is 6.63. The van der Waals surface area contributed by atoms with Crippen LogP contribution in [0.4, 0.5) is 0 Å². The number of carbonyl (C=O) groups excluding carboxylic acids is 2. The second-order valence-corrected chi connectivity index (χ2v) is 16.4. The number of nitrogens with zero attached hydrogens (tertiary/aromatic N) is 2. The van der Waals surface area contributed by atoms with E-state index in [4.69, 9.17) is 33.2 Å². The van der Waals surface area contributed by atoms with Gasteiger partial charge in [0, 0.05) is 45.9 Å². The molecule has 53 heavy (non-hydrogen) atoms. The number of halogens is 2. The molecule has 4 aliphatic carbocycles. The monoisotopic (exact) mass is 732 g/mol. The molecule has 262 valence electrons. The normalized spacial score (nSPS) is 20.4. The summed E-state index contributed by atoms with van der Waals surface area (Å²) in [4.78, 5) is 36.8. The van der Waals surface area contributed by atoms with Crippen LogP contribution in [0.25, 0.3) is 50.3 Å². The zero-order chi connectivity index (χ0) is 35.9. The van der Waals surface area contributed by atoms with Crippen molar-refractivity contribution in [2.24, 2.45) is 0 Å². The van der Waals surface area contributed by atoms with Crippen molar-refractivity contribution in [3.05, 3.63) is 136 Å². The van der Waals surface area contributed by atoms with Crippen molar-refractivity contribution in [1.82, 2.24) is 9.97 Å². The van der Waals surface area contributed by atoms with Crippen LogP contribution in [-0.2, 0) is 39.7 Å². The quantitative estimate of drug-likeness (QED) is 0.146. The lowest BCUT2D eigenvalue weighted by Gasteiger charge is -2.43. The number of hydrogen-bond donors (Lipinski definition) is 0. The summed E-state index contributed by atoms with van der Waals surface area (Å²) < 4.78 is 0. The smallest absolute Gasteiger partial charge is 0.221 e. The molecule has 4 aliphatic rings. The van der Waals surface area contributed by atoms with E-state index in [0.717, 1.165) is 88.3 Å². The van der Waals surface area contributed by atoms with E-state index < -0.39 is 10.8 Å². The molecule has 2 heterocycles. The topological polar surface area (TPSA) is 59.9 Å². The highest BCUT2D eigenvalue weighted by atomic mass is 35.5. The number of rotatable bonds is 8. The lowest BCUT2D eigenvalue weighted by molar-refractivity contribution is -0.112. The summed E-state index contributed by atoms with van der Waals surface area (Å²) in [7, 11) is 0. The van der Waals surface area contributed by atoms with Crippen LogP contribution in [-0.4, -0.2) is 20.5 Å². The highest BCUT2D eigenvalue weighted by Gasteiger charge is 2.55. The van der Waals surface area contributed by atoms with Gasteiger partial charge in [-0.15, -0.1) is 0 Å². The van der Waals surface area contributed by atoms with Crippen molar-refractivity contribution in [2.75, 3.05) is 0 Å². The minimum absolute atomic E-state index is 0.199. The predicted molar refractivity (Wildman–Crippen MR) is 215 cm³/mol. The summed E-state index contributed by atoms with van der Waals surface area (Å²) in [5.41, 5.74) is 13.6. The molecule has 6 heteroatoms. The molecule has 0 N–H and O–H groups in total. The molecule has 0 aliphatic heterocycles. The average molecular weight is 734 g/mol. The number of benzene rings is 4. The molecule has 0 amide bonds. The van der Waals surface area contributed by atoms with Gasteiger partial charge in [0.15, 0.2) is 0 Å². The van der Waals surface area contributed by atoms with Gasteiger partial charge in [-0.1, -0.05) is 84.9 Å². The van der Waals surface area contributed by atoms with Gasteiger partial charge in [0.05, 0.1) is 16.9 Å². The first-order valence-electron chi connectivity index (χ1n) is 19.0. The Balaban J connectivity index is 1.32. The summed E-state index contributed by atoms with van der Waals surface area (Å²) >= 11 is 12.6. The minimum Gasteiger partial charge on any atom is -0.281 e. The molecule has 0 saturated carbocycles. The summed E-state index contributed by atoms with van der Waals surface area (Å²) in [5, 5.41) is 2.68. The van der Waals surface area contributed by atoms with Crippen LogP contribution in [0.3, 0.4) is 0 Å². The Morgan fingerprint density at radius 1 is 0.642 bits per heavy atom. The van der Waals surface area contributed by atoms with Gasteiger partial charge >= 0.3 is 0 Å². The van der Waals surface area contributed by atoms with Gasteiger partial charge < -0.3 is 0 Å². The number of pyridine rings is 2. The third-order valence-corrected chi connectivity index (χ3v) is 13.2. The number of hydrogen-bond acceptors (Lipinski definition) is 4. The van der Waals surface area contributed by atoms with E-state index in [1.54, 1.807) is 0 Å². The number of para-hydroxylation sites is 1. The molecular weight excluding hydrogens is 695 g/mol. The summed E-state index contributed by atoms with van der Waals surface area (Å²) in [5.74, 6) is 0. The van der Waals surface area contributed by atoms with Crippen molar-refractivity contribution < 1.29 is 9.59 Å². The first kappa shape index (κ1) is 33.0. The standard InChI is InChI=1S/C47H38Cl2N2O2/c48-40(52)21-23-46(34-19-17-28-9-1-5-13-32(28)42(34)44-36(46)25-30-11-3-7-15-38(30)50-44)27-47(24-22-41(49)53)35-20-18-29-10-2-6-14-33(29)43(35)45-37(47)26-31-12-4-8-16-39(31)51-45/h1,4-6,8-9,12-14,16-20,25-26H,2-3,7,10-11,15,21-24,27H2. The number of aryl methyl sites for hydroxylation is 3. The van der Waals surface area contributed by atoms with Crippen LogP contribution in [0.1, 0.15) is 96.0 Å². The van der Waals surface area contributed by atoms with Gasteiger partial charge in [0.25, 0.3) is 0 Å². The minimum atomic E-state index is -0.664. The zero-order valence-electron chi connectivity index (χ0n) is 29.5. The third-order valence-electron chi connectivity index (χ3n) is 12.8. The Bertz CT molecular complexity index is 2590. The van der Waals surface area contributed by atoms with E-state index in [1.165, 1.54) is 39.1 Å². The van der Waals surface area contributed by atoms with Crippen LogP contribution in [0, 0.1) is 0 Å². The molecular formula is C47H38Cl2N2O2. The Kier molecular flexibility index (Phi) is 7.75. The van der Waals surface area contributed by atoms with Crippen molar-refractivity contribution in [3.8, 4) is 22.5 Å². The lowest BCUT2D eigenvalue weighted by Crippen LogP contribution is -2.38. The predicted octanol–water partition coefficient (Wildman–Crippen LogP) is 11.3. The third kappa shape index (κ3) is 5.02. The average Bonchev–Trinajstić information content (AvgIpc) is 3.60. The molecule has 0 fully saturated rings. The van der Waals surface area contributed by atoms with Crippen molar-refractivity contribution in [3.63, 3.8) is 0 Å². The molecule has 4 nitrogen and oxygen atoms in total. The van der Waals surface area contributed by atoms with Gasteiger partial charge in [-0.2, -0.15) is 0 Å². The fraction of sp³-hybridized carbons (Fsp3) is 0.277. The first-order chi connectivity index (χ1) is 25.9. The largest absolute Gasteiger partial charge is 0.281 e. The lowest BCUT2D eigenvalue weighted by atomic mass is 9.59. The first-order valence-corrected chi connectivity index (χ1v) is 19.8. The number of aromatic nitrogens is 2. The van der Waals surface area contributed by atoms with E-state index in [9.17, 15) is 9.59 Å². The summed E-state index contributed by atoms with van der Waals surface area (Å²) in [6.45, 7) is 0. The van der Waals surface area contributed by atoms with Crippen LogP contribution < -0.4 is 0 Å². The fourth-order valence-corrected chi connectivity index (χ4v) is 10.7. The molecule has 2 atom stereocenters. The van der Waals surface area contributed by atoms with E-state index in [1.807, 2.05) is 6.07 Å². The molecule has 2 aromatic heterocycles. The van der Waals surface area contributed by atoms with E-state index >= 15 is 0 Å². The van der Waals surface area contributed by atoms with E-state index in [-0.39, 0.29) is 23.3 Å². The number of carbonyl (C=O) groups is 2. The van der Waals surface area contributed by atoms with Gasteiger partial charge in [-0.05, 0) is 143 Å².